The first-order valence-corrected chi connectivity index (χ1v) is 9.55. The predicted molar refractivity (Wildman–Crippen MR) is 122 cm³/mol. The van der Waals surface area contributed by atoms with Gasteiger partial charge in [-0.2, -0.15) is 9.78 Å². The fraction of sp³-hybridized carbons (Fsp3) is 0.125. The molecule has 0 saturated heterocycles. The highest BCUT2D eigenvalue weighted by molar-refractivity contribution is 5.85. The van der Waals surface area contributed by atoms with Gasteiger partial charge in [0.25, 0.3) is 5.56 Å². The van der Waals surface area contributed by atoms with Gasteiger partial charge < -0.3 is 9.64 Å². The molecule has 0 aliphatic rings. The third-order valence-electron chi connectivity index (χ3n) is 4.83. The summed E-state index contributed by atoms with van der Waals surface area (Å²) in [6.45, 7) is 0. The van der Waals surface area contributed by atoms with Crippen molar-refractivity contribution >= 4 is 22.8 Å². The Labute approximate surface area is 174 Å². The number of methoxy groups -OCH3 is 1. The fourth-order valence-corrected chi connectivity index (χ4v) is 3.21. The van der Waals surface area contributed by atoms with Crippen molar-refractivity contribution in [2.24, 2.45) is 5.10 Å². The average Bonchev–Trinajstić information content (AvgIpc) is 2.78. The van der Waals surface area contributed by atoms with E-state index in [0.717, 1.165) is 16.8 Å². The van der Waals surface area contributed by atoms with Gasteiger partial charge in [-0.3, -0.25) is 4.79 Å². The van der Waals surface area contributed by atoms with Crippen molar-refractivity contribution in [2.45, 2.75) is 0 Å². The number of anilines is 1. The number of aromatic nitrogens is 2. The Bertz CT molecular complexity index is 1280. The Morgan fingerprint density at radius 1 is 1.00 bits per heavy atom. The second kappa shape index (κ2) is 8.21. The largest absolute Gasteiger partial charge is 0.496 e. The van der Waals surface area contributed by atoms with Crippen molar-refractivity contribution < 1.29 is 4.74 Å². The maximum atomic E-state index is 13.2. The van der Waals surface area contributed by atoms with Gasteiger partial charge in [0.05, 0.1) is 24.2 Å². The highest BCUT2D eigenvalue weighted by Gasteiger charge is 2.12. The maximum absolute atomic E-state index is 13.2. The molecule has 4 rings (SSSR count). The molecule has 0 N–H and O–H groups in total. The third-order valence-corrected chi connectivity index (χ3v) is 4.83. The second-order valence-electron chi connectivity index (χ2n) is 7.00. The molecule has 3 aromatic carbocycles. The van der Waals surface area contributed by atoms with E-state index < -0.39 is 0 Å². The number of hydrogen-bond donors (Lipinski definition) is 0. The molecule has 0 bridgehead atoms. The lowest BCUT2D eigenvalue weighted by Gasteiger charge is -2.14. The Balaban J connectivity index is 1.88. The van der Waals surface area contributed by atoms with Gasteiger partial charge in [-0.15, -0.1) is 0 Å². The van der Waals surface area contributed by atoms with Crippen LogP contribution in [0.4, 0.5) is 5.69 Å². The van der Waals surface area contributed by atoms with Crippen LogP contribution in [0.15, 0.2) is 82.7 Å². The molecular weight excluding hydrogens is 376 g/mol. The van der Waals surface area contributed by atoms with Crippen molar-refractivity contribution in [2.75, 3.05) is 26.1 Å². The van der Waals surface area contributed by atoms with Gasteiger partial charge in [0.15, 0.2) is 5.82 Å². The molecule has 0 unspecified atom stereocenters. The quantitative estimate of drug-likeness (QED) is 0.477. The van der Waals surface area contributed by atoms with E-state index >= 15 is 0 Å². The Kier molecular flexibility index (Phi) is 5.30. The molecular formula is C24H22N4O2. The molecule has 0 saturated carbocycles. The summed E-state index contributed by atoms with van der Waals surface area (Å²) in [5.41, 5.74) is 3.01. The highest BCUT2D eigenvalue weighted by atomic mass is 16.5. The summed E-state index contributed by atoms with van der Waals surface area (Å²) in [6.07, 6.45) is 1.63. The summed E-state index contributed by atoms with van der Waals surface area (Å²) >= 11 is 0. The third kappa shape index (κ3) is 3.67. The summed E-state index contributed by atoms with van der Waals surface area (Å²) in [5, 5.41) is 5.03. The van der Waals surface area contributed by atoms with Crippen LogP contribution in [0.1, 0.15) is 5.56 Å². The normalized spacial score (nSPS) is 11.2. The van der Waals surface area contributed by atoms with E-state index in [1.807, 2.05) is 85.7 Å². The van der Waals surface area contributed by atoms with Gasteiger partial charge in [-0.05, 0) is 24.3 Å². The van der Waals surface area contributed by atoms with Gasteiger partial charge >= 0.3 is 0 Å². The smallest absolute Gasteiger partial charge is 0.282 e. The van der Waals surface area contributed by atoms with Gasteiger partial charge in [-0.25, -0.2) is 4.98 Å². The SMILES string of the molecule is COc1cc(N(C)C)ccc1C=Nn1c(-c2ccccc2)nc2ccccc2c1=O. The van der Waals surface area contributed by atoms with Gasteiger partial charge in [0.2, 0.25) is 0 Å². The monoisotopic (exact) mass is 398 g/mol. The lowest BCUT2D eigenvalue weighted by atomic mass is 10.2. The topological polar surface area (TPSA) is 59.7 Å². The number of rotatable bonds is 5. The van der Waals surface area contributed by atoms with Crippen molar-refractivity contribution in [3.63, 3.8) is 0 Å². The summed E-state index contributed by atoms with van der Waals surface area (Å²) in [7, 11) is 5.55. The number of benzene rings is 3. The molecule has 1 aromatic heterocycles. The molecule has 6 nitrogen and oxygen atoms in total. The van der Waals surface area contributed by atoms with Crippen LogP contribution in [0.5, 0.6) is 5.75 Å². The van der Waals surface area contributed by atoms with Crippen LogP contribution in [0.3, 0.4) is 0 Å². The van der Waals surface area contributed by atoms with Crippen molar-refractivity contribution in [3.05, 3.63) is 88.7 Å². The lowest BCUT2D eigenvalue weighted by Crippen LogP contribution is -2.20. The molecule has 0 aliphatic carbocycles. The Morgan fingerprint density at radius 2 is 1.73 bits per heavy atom. The lowest BCUT2D eigenvalue weighted by molar-refractivity contribution is 0.414. The van der Waals surface area contributed by atoms with Crippen LogP contribution in [-0.2, 0) is 0 Å². The summed E-state index contributed by atoms with van der Waals surface area (Å²) in [4.78, 5) is 19.9. The van der Waals surface area contributed by atoms with E-state index in [4.69, 9.17) is 9.72 Å². The van der Waals surface area contributed by atoms with Crippen LogP contribution in [0.2, 0.25) is 0 Å². The minimum absolute atomic E-state index is 0.223. The number of para-hydroxylation sites is 1. The number of hydrogen-bond acceptors (Lipinski definition) is 5. The zero-order chi connectivity index (χ0) is 21.1. The zero-order valence-corrected chi connectivity index (χ0v) is 17.1. The van der Waals surface area contributed by atoms with E-state index in [9.17, 15) is 4.79 Å². The average molecular weight is 398 g/mol. The van der Waals surface area contributed by atoms with Gasteiger partial charge in [0, 0.05) is 37.0 Å². The number of fused-ring (bicyclic) bond motifs is 1. The van der Waals surface area contributed by atoms with E-state index in [1.54, 1.807) is 19.4 Å². The minimum atomic E-state index is -0.223. The molecule has 4 aromatic rings. The van der Waals surface area contributed by atoms with Crippen molar-refractivity contribution in [3.8, 4) is 17.1 Å². The molecule has 0 spiro atoms. The molecule has 0 fully saturated rings. The fourth-order valence-electron chi connectivity index (χ4n) is 3.21. The van der Waals surface area contributed by atoms with Crippen LogP contribution < -0.4 is 15.2 Å². The Hall–Kier alpha value is -3.93. The predicted octanol–water partition coefficient (Wildman–Crippen LogP) is 4.02. The van der Waals surface area contributed by atoms with Crippen LogP contribution >= 0.6 is 0 Å². The van der Waals surface area contributed by atoms with E-state index in [2.05, 4.69) is 5.10 Å². The summed E-state index contributed by atoms with van der Waals surface area (Å²) in [5.74, 6) is 1.16. The van der Waals surface area contributed by atoms with E-state index in [1.165, 1.54) is 4.68 Å². The maximum Gasteiger partial charge on any atom is 0.282 e. The van der Waals surface area contributed by atoms with Crippen molar-refractivity contribution in [1.29, 1.82) is 0 Å². The molecule has 0 amide bonds. The highest BCUT2D eigenvalue weighted by Crippen LogP contribution is 2.24. The molecule has 30 heavy (non-hydrogen) atoms. The number of ether oxygens (including phenoxy) is 1. The first-order chi connectivity index (χ1) is 14.6. The Morgan fingerprint density at radius 3 is 2.47 bits per heavy atom. The summed E-state index contributed by atoms with van der Waals surface area (Å²) < 4.78 is 6.86. The van der Waals surface area contributed by atoms with Crippen molar-refractivity contribution in [1.82, 2.24) is 9.66 Å². The molecule has 0 atom stereocenters. The zero-order valence-electron chi connectivity index (χ0n) is 17.1. The summed E-state index contributed by atoms with van der Waals surface area (Å²) in [6, 6.07) is 22.7. The first kappa shape index (κ1) is 19.4. The minimum Gasteiger partial charge on any atom is -0.496 e. The molecule has 150 valence electrons. The van der Waals surface area contributed by atoms with Gasteiger partial charge in [-0.1, -0.05) is 42.5 Å². The first-order valence-electron chi connectivity index (χ1n) is 9.55. The molecule has 6 heteroatoms. The van der Waals surface area contributed by atoms with E-state index in [0.29, 0.717) is 22.5 Å². The van der Waals surface area contributed by atoms with Crippen LogP contribution in [0.25, 0.3) is 22.3 Å². The number of nitrogens with zero attached hydrogens (tertiary/aromatic N) is 4. The van der Waals surface area contributed by atoms with Crippen LogP contribution in [-0.4, -0.2) is 37.1 Å². The van der Waals surface area contributed by atoms with Crippen LogP contribution in [0, 0.1) is 0 Å². The van der Waals surface area contributed by atoms with Gasteiger partial charge in [0.1, 0.15) is 5.75 Å². The second-order valence-corrected chi connectivity index (χ2v) is 7.00. The standard InChI is InChI=1S/C24H22N4O2/c1-27(2)19-14-13-18(22(15-19)30-3)16-25-28-23(17-9-5-4-6-10-17)26-21-12-8-7-11-20(21)24(28)29/h4-16H,1-3H3. The van der Waals surface area contributed by atoms with E-state index in [-0.39, 0.29) is 5.56 Å². The molecule has 0 aliphatic heterocycles. The molecule has 1 heterocycles. The molecule has 0 radical (unpaired) electrons.